The zero-order valence-electron chi connectivity index (χ0n) is 15.9. The highest BCUT2D eigenvalue weighted by Crippen LogP contribution is 2.21. The molecule has 1 fully saturated rings. The molecule has 1 aromatic heterocycles. The smallest absolute Gasteiger partial charge is 0.224 e. The average molecular weight is 356 g/mol. The molecule has 0 aliphatic carbocycles. The van der Waals surface area contributed by atoms with E-state index in [9.17, 15) is 9.59 Å². The van der Waals surface area contributed by atoms with Gasteiger partial charge in [-0.05, 0) is 37.0 Å². The molecule has 0 spiro atoms. The minimum Gasteiger partial charge on any atom is -0.342 e. The van der Waals surface area contributed by atoms with E-state index < -0.39 is 0 Å². The molecule has 0 saturated carbocycles. The van der Waals surface area contributed by atoms with E-state index in [4.69, 9.17) is 4.98 Å². The second-order valence-corrected chi connectivity index (χ2v) is 7.52. The van der Waals surface area contributed by atoms with Crippen LogP contribution in [-0.4, -0.2) is 39.4 Å². The van der Waals surface area contributed by atoms with Crippen LogP contribution in [0.4, 0.5) is 5.69 Å². The number of aromatic nitrogens is 2. The van der Waals surface area contributed by atoms with Gasteiger partial charge < -0.3 is 14.8 Å². The third-order valence-electron chi connectivity index (χ3n) is 4.88. The third kappa shape index (κ3) is 4.23. The first-order valence-electron chi connectivity index (χ1n) is 9.47. The van der Waals surface area contributed by atoms with Crippen molar-refractivity contribution in [2.75, 3.05) is 18.4 Å². The summed E-state index contributed by atoms with van der Waals surface area (Å²) in [6.07, 6.45) is 4.02. The Bertz CT molecular complexity index is 809. The first kappa shape index (κ1) is 18.4. The second kappa shape index (κ2) is 7.89. The molecule has 0 atom stereocenters. The van der Waals surface area contributed by atoms with Crippen molar-refractivity contribution >= 4 is 28.5 Å². The molecule has 0 radical (unpaired) electrons. The number of anilines is 1. The lowest BCUT2D eigenvalue weighted by molar-refractivity contribution is -0.133. The lowest BCUT2D eigenvalue weighted by atomic mass is 10.1. The number of rotatable bonds is 6. The lowest BCUT2D eigenvalue weighted by Crippen LogP contribution is -2.36. The Morgan fingerprint density at radius 1 is 1.31 bits per heavy atom. The molecule has 1 saturated heterocycles. The number of hydrogen-bond donors (Lipinski definition) is 1. The number of imidazole rings is 1. The van der Waals surface area contributed by atoms with Gasteiger partial charge in [0.2, 0.25) is 11.8 Å². The van der Waals surface area contributed by atoms with Crippen LogP contribution in [0, 0.1) is 5.92 Å². The minimum atomic E-state index is 0.0270. The molecule has 2 heterocycles. The van der Waals surface area contributed by atoms with Gasteiger partial charge in [0.05, 0.1) is 11.0 Å². The molecule has 0 bridgehead atoms. The Morgan fingerprint density at radius 2 is 2.12 bits per heavy atom. The molecule has 3 rings (SSSR count). The number of nitrogens with zero attached hydrogens (tertiary/aromatic N) is 3. The molecule has 2 amide bonds. The van der Waals surface area contributed by atoms with E-state index in [-0.39, 0.29) is 11.8 Å². The van der Waals surface area contributed by atoms with E-state index in [1.165, 1.54) is 0 Å². The molecule has 0 unspecified atom stereocenters. The minimum absolute atomic E-state index is 0.0270. The highest BCUT2D eigenvalue weighted by atomic mass is 16.2. The van der Waals surface area contributed by atoms with Crippen molar-refractivity contribution in [1.82, 2.24) is 14.5 Å². The predicted molar refractivity (Wildman–Crippen MR) is 103 cm³/mol. The fourth-order valence-electron chi connectivity index (χ4n) is 3.47. The number of aryl methyl sites for hydroxylation is 1. The van der Waals surface area contributed by atoms with E-state index in [0.717, 1.165) is 48.4 Å². The maximum absolute atomic E-state index is 12.0. The number of fused-ring (bicyclic) bond motifs is 1. The van der Waals surface area contributed by atoms with Crippen molar-refractivity contribution in [1.29, 1.82) is 0 Å². The van der Waals surface area contributed by atoms with Gasteiger partial charge in [0.1, 0.15) is 5.82 Å². The van der Waals surface area contributed by atoms with Crippen molar-refractivity contribution in [3.05, 3.63) is 24.0 Å². The SMILES string of the molecule is CC(C)CC(=O)Nc1ccc2c(c1)nc(CCN1CCCCC1=O)n2C. The fraction of sp³-hybridized carbons (Fsp3) is 0.550. The van der Waals surface area contributed by atoms with Gasteiger partial charge in [-0.2, -0.15) is 0 Å². The summed E-state index contributed by atoms with van der Waals surface area (Å²) in [5.41, 5.74) is 2.68. The maximum atomic E-state index is 12.0. The quantitative estimate of drug-likeness (QED) is 0.865. The van der Waals surface area contributed by atoms with E-state index in [1.54, 1.807) is 0 Å². The molecule has 1 aromatic carbocycles. The number of nitrogens with one attached hydrogen (secondary N) is 1. The lowest BCUT2D eigenvalue weighted by Gasteiger charge is -2.26. The summed E-state index contributed by atoms with van der Waals surface area (Å²) in [4.78, 5) is 30.6. The summed E-state index contributed by atoms with van der Waals surface area (Å²) < 4.78 is 2.07. The molecular formula is C20H28N4O2. The highest BCUT2D eigenvalue weighted by Gasteiger charge is 2.18. The van der Waals surface area contributed by atoms with Gasteiger partial charge in [-0.15, -0.1) is 0 Å². The molecular weight excluding hydrogens is 328 g/mol. The van der Waals surface area contributed by atoms with Crippen LogP contribution in [0.15, 0.2) is 18.2 Å². The van der Waals surface area contributed by atoms with Gasteiger partial charge in [0.25, 0.3) is 0 Å². The van der Waals surface area contributed by atoms with Gasteiger partial charge in [0, 0.05) is 45.1 Å². The first-order valence-corrected chi connectivity index (χ1v) is 9.47. The van der Waals surface area contributed by atoms with Gasteiger partial charge in [-0.3, -0.25) is 9.59 Å². The Kier molecular flexibility index (Phi) is 5.59. The van der Waals surface area contributed by atoms with Crippen LogP contribution >= 0.6 is 0 Å². The van der Waals surface area contributed by atoms with E-state index in [1.807, 2.05) is 44.0 Å². The van der Waals surface area contributed by atoms with Gasteiger partial charge in [-0.1, -0.05) is 13.8 Å². The van der Waals surface area contributed by atoms with Crippen LogP contribution < -0.4 is 5.32 Å². The number of carbonyl (C=O) groups is 2. The standard InChI is InChI=1S/C20H28N4O2/c1-14(2)12-19(25)21-15-7-8-17-16(13-15)22-18(23(17)3)9-11-24-10-5-4-6-20(24)26/h7-8,13-14H,4-6,9-12H2,1-3H3,(H,21,25). The summed E-state index contributed by atoms with van der Waals surface area (Å²) in [5, 5.41) is 2.94. The zero-order chi connectivity index (χ0) is 18.7. The molecule has 26 heavy (non-hydrogen) atoms. The maximum Gasteiger partial charge on any atom is 0.224 e. The number of carbonyl (C=O) groups excluding carboxylic acids is 2. The molecule has 1 aliphatic heterocycles. The highest BCUT2D eigenvalue weighted by molar-refractivity contribution is 5.93. The Labute approximate surface area is 154 Å². The van der Waals surface area contributed by atoms with Gasteiger partial charge in [0.15, 0.2) is 0 Å². The van der Waals surface area contributed by atoms with Crippen molar-refractivity contribution in [2.45, 2.75) is 46.0 Å². The normalized spacial score (nSPS) is 15.1. The topological polar surface area (TPSA) is 67.2 Å². The summed E-state index contributed by atoms with van der Waals surface area (Å²) in [5.74, 6) is 1.57. The number of piperidine rings is 1. The largest absolute Gasteiger partial charge is 0.342 e. The van der Waals surface area contributed by atoms with Crippen LogP contribution in [0.2, 0.25) is 0 Å². The average Bonchev–Trinajstić information content (AvgIpc) is 2.89. The van der Waals surface area contributed by atoms with Crippen LogP contribution in [0.3, 0.4) is 0 Å². The van der Waals surface area contributed by atoms with E-state index in [0.29, 0.717) is 25.3 Å². The predicted octanol–water partition coefficient (Wildman–Crippen LogP) is 3.11. The Hall–Kier alpha value is -2.37. The molecule has 6 nitrogen and oxygen atoms in total. The number of likely N-dealkylation sites (tertiary alicyclic amines) is 1. The van der Waals surface area contributed by atoms with Crippen molar-refractivity contribution in [3.8, 4) is 0 Å². The van der Waals surface area contributed by atoms with Crippen molar-refractivity contribution < 1.29 is 9.59 Å². The molecule has 140 valence electrons. The van der Waals surface area contributed by atoms with Crippen molar-refractivity contribution in [2.24, 2.45) is 13.0 Å². The zero-order valence-corrected chi connectivity index (χ0v) is 15.9. The van der Waals surface area contributed by atoms with E-state index in [2.05, 4.69) is 9.88 Å². The molecule has 1 N–H and O–H groups in total. The summed E-state index contributed by atoms with van der Waals surface area (Å²) in [6, 6.07) is 5.83. The second-order valence-electron chi connectivity index (χ2n) is 7.52. The van der Waals surface area contributed by atoms with Gasteiger partial charge in [-0.25, -0.2) is 4.98 Å². The summed E-state index contributed by atoms with van der Waals surface area (Å²) >= 11 is 0. The summed E-state index contributed by atoms with van der Waals surface area (Å²) in [6.45, 7) is 5.63. The first-order chi connectivity index (χ1) is 12.4. The van der Waals surface area contributed by atoms with Crippen molar-refractivity contribution in [3.63, 3.8) is 0 Å². The van der Waals surface area contributed by atoms with Crippen LogP contribution in [0.1, 0.15) is 45.4 Å². The van der Waals surface area contributed by atoms with E-state index >= 15 is 0 Å². The Balaban J connectivity index is 1.70. The van der Waals surface area contributed by atoms with Gasteiger partial charge >= 0.3 is 0 Å². The monoisotopic (exact) mass is 356 g/mol. The Morgan fingerprint density at radius 3 is 2.85 bits per heavy atom. The molecule has 1 aliphatic rings. The van der Waals surface area contributed by atoms with Crippen LogP contribution in [0.25, 0.3) is 11.0 Å². The molecule has 2 aromatic rings. The number of benzene rings is 1. The number of hydrogen-bond acceptors (Lipinski definition) is 3. The fourth-order valence-corrected chi connectivity index (χ4v) is 3.47. The number of amides is 2. The van der Waals surface area contributed by atoms with Crippen LogP contribution in [-0.2, 0) is 23.1 Å². The molecule has 6 heteroatoms. The van der Waals surface area contributed by atoms with Crippen LogP contribution in [0.5, 0.6) is 0 Å². The third-order valence-corrected chi connectivity index (χ3v) is 4.88. The summed E-state index contributed by atoms with van der Waals surface area (Å²) in [7, 11) is 2.00.